The van der Waals surface area contributed by atoms with Crippen LogP contribution < -0.4 is 10.2 Å². The van der Waals surface area contributed by atoms with Crippen LogP contribution in [0.15, 0.2) is 71.7 Å². The molecule has 7 heteroatoms. The predicted molar refractivity (Wildman–Crippen MR) is 133 cm³/mol. The van der Waals surface area contributed by atoms with Gasteiger partial charge in [-0.3, -0.25) is 9.79 Å². The highest BCUT2D eigenvalue weighted by Crippen LogP contribution is 2.47. The van der Waals surface area contributed by atoms with Crippen LogP contribution in [0.2, 0.25) is 0 Å². The van der Waals surface area contributed by atoms with Crippen molar-refractivity contribution in [1.82, 2.24) is 0 Å². The fourth-order valence-corrected chi connectivity index (χ4v) is 7.37. The fraction of sp³-hybridized carbons (Fsp3) is 0.222. The summed E-state index contributed by atoms with van der Waals surface area (Å²) in [6, 6.07) is 21.7. The molecule has 1 fully saturated rings. The lowest BCUT2D eigenvalue weighted by Gasteiger charge is -2.34. The summed E-state index contributed by atoms with van der Waals surface area (Å²) in [4.78, 5) is 18.8. The molecule has 0 bridgehead atoms. The molecule has 0 atom stereocenters. The highest BCUT2D eigenvalue weighted by Gasteiger charge is 2.33. The van der Waals surface area contributed by atoms with E-state index in [0.717, 1.165) is 22.5 Å². The number of hydrogen-bond donors (Lipinski definition) is 0. The highest BCUT2D eigenvalue weighted by atomic mass is 31.2. The molecule has 0 N–H and O–H groups in total. The molecule has 2 aliphatic rings. The van der Waals surface area contributed by atoms with Gasteiger partial charge in [0.1, 0.15) is 19.5 Å². The van der Waals surface area contributed by atoms with Crippen LogP contribution >= 0.6 is 7.14 Å². The van der Waals surface area contributed by atoms with Crippen LogP contribution in [0.4, 0.5) is 10.1 Å². The molecular weight excluding hydrogens is 448 g/mol. The first kappa shape index (κ1) is 22.3. The average molecular weight is 471 g/mol. The van der Waals surface area contributed by atoms with Crippen molar-refractivity contribution in [2.24, 2.45) is 4.99 Å². The molecular formula is C27H23FN3O2P. The van der Waals surface area contributed by atoms with Gasteiger partial charge in [0, 0.05) is 59.7 Å². The van der Waals surface area contributed by atoms with Crippen LogP contribution in [0.5, 0.6) is 0 Å². The van der Waals surface area contributed by atoms with E-state index in [1.807, 2.05) is 36.4 Å². The number of ketones is 1. The van der Waals surface area contributed by atoms with E-state index in [4.69, 9.17) is 5.26 Å². The Morgan fingerprint density at radius 1 is 1.00 bits per heavy atom. The maximum atomic E-state index is 14.9. The van der Waals surface area contributed by atoms with Crippen LogP contribution in [0.25, 0.3) is 0 Å². The van der Waals surface area contributed by atoms with Gasteiger partial charge < -0.3 is 9.46 Å². The Morgan fingerprint density at radius 2 is 1.71 bits per heavy atom. The summed E-state index contributed by atoms with van der Waals surface area (Å²) in [5.41, 5.74) is 4.68. The molecule has 2 aliphatic heterocycles. The topological polar surface area (TPSA) is 73.5 Å². The lowest BCUT2D eigenvalue weighted by Crippen LogP contribution is -2.37. The number of carbonyl (C=O) groups excluding carboxylic acids is 1. The number of aliphatic imine (C=N–C) groups is 1. The van der Waals surface area contributed by atoms with Crippen molar-refractivity contribution in [2.45, 2.75) is 6.42 Å². The molecule has 1 saturated heterocycles. The number of halogens is 1. The Labute approximate surface area is 197 Å². The minimum atomic E-state index is -2.90. The van der Waals surface area contributed by atoms with Gasteiger partial charge in [0.25, 0.3) is 0 Å². The maximum absolute atomic E-state index is 14.9. The van der Waals surface area contributed by atoms with E-state index in [2.05, 4.69) is 16.0 Å². The van der Waals surface area contributed by atoms with Gasteiger partial charge in [0.15, 0.2) is 5.78 Å². The summed E-state index contributed by atoms with van der Waals surface area (Å²) >= 11 is 0. The van der Waals surface area contributed by atoms with Crippen molar-refractivity contribution in [3.8, 4) is 6.07 Å². The quantitative estimate of drug-likeness (QED) is 0.528. The molecule has 3 aromatic rings. The summed E-state index contributed by atoms with van der Waals surface area (Å²) in [7, 11) is -2.90. The normalized spacial score (nSPS) is 17.0. The fourth-order valence-electron chi connectivity index (χ4n) is 4.67. The van der Waals surface area contributed by atoms with Crippen LogP contribution in [-0.4, -0.2) is 43.5 Å². The second-order valence-corrected chi connectivity index (χ2v) is 11.8. The lowest BCUT2D eigenvalue weighted by molar-refractivity contribution is 0.1000. The van der Waals surface area contributed by atoms with E-state index in [1.165, 1.54) is 6.07 Å². The molecule has 0 radical (unpaired) electrons. The number of nitriles is 1. The third kappa shape index (κ3) is 4.20. The Morgan fingerprint density at radius 3 is 2.41 bits per heavy atom. The van der Waals surface area contributed by atoms with E-state index in [1.54, 1.807) is 24.3 Å². The first-order valence-corrected chi connectivity index (χ1v) is 13.3. The Balaban J connectivity index is 1.36. The number of benzene rings is 3. The maximum Gasteiger partial charge on any atom is 0.184 e. The zero-order valence-electron chi connectivity index (χ0n) is 18.6. The molecule has 0 aromatic heterocycles. The number of fused-ring (bicyclic) bond motifs is 1. The number of rotatable bonds is 4. The minimum absolute atomic E-state index is 0.00222. The summed E-state index contributed by atoms with van der Waals surface area (Å²) in [5, 5.41) is 9.30. The smallest absolute Gasteiger partial charge is 0.184 e. The van der Waals surface area contributed by atoms with E-state index < -0.39 is 13.0 Å². The van der Waals surface area contributed by atoms with Crippen molar-refractivity contribution in [3.63, 3.8) is 0 Å². The zero-order valence-corrected chi connectivity index (χ0v) is 19.5. The van der Waals surface area contributed by atoms with Crippen LogP contribution in [-0.2, 0) is 11.0 Å². The number of carbonyl (C=O) groups is 1. The molecule has 34 heavy (non-hydrogen) atoms. The molecule has 5 rings (SSSR count). The van der Waals surface area contributed by atoms with Crippen molar-refractivity contribution in [3.05, 3.63) is 94.8 Å². The van der Waals surface area contributed by atoms with Crippen molar-refractivity contribution in [2.75, 3.05) is 36.9 Å². The van der Waals surface area contributed by atoms with E-state index in [9.17, 15) is 13.8 Å². The van der Waals surface area contributed by atoms with E-state index in [0.29, 0.717) is 48.3 Å². The number of hydrogen-bond acceptors (Lipinski definition) is 5. The summed E-state index contributed by atoms with van der Waals surface area (Å²) in [6.45, 7) is 1.24. The molecule has 3 aromatic carbocycles. The molecule has 0 unspecified atom stereocenters. The Bertz CT molecular complexity index is 1380. The molecule has 0 aliphatic carbocycles. The highest BCUT2D eigenvalue weighted by molar-refractivity contribution is 7.71. The summed E-state index contributed by atoms with van der Waals surface area (Å²) < 4.78 is 28.7. The Hall–Kier alpha value is -3.55. The van der Waals surface area contributed by atoms with E-state index >= 15 is 0 Å². The van der Waals surface area contributed by atoms with Crippen LogP contribution in [0, 0.1) is 17.1 Å². The molecule has 0 spiro atoms. The standard InChI is InChI=1S/C27H23FN3O2P/c28-24-10-7-20(15-25-22-3-1-2-4-23(22)26(32)18-30-25)16-27(24)34(33)13-11-31(12-14-34)21-8-5-19(17-29)6-9-21/h1-10,16H,11-15,18H2. The predicted octanol–water partition coefficient (Wildman–Crippen LogP) is 4.43. The molecule has 5 nitrogen and oxygen atoms in total. The number of nitrogens with zero attached hydrogens (tertiary/aromatic N) is 3. The average Bonchev–Trinajstić information content (AvgIpc) is 2.87. The first-order valence-electron chi connectivity index (χ1n) is 11.2. The van der Waals surface area contributed by atoms with Gasteiger partial charge in [-0.15, -0.1) is 0 Å². The van der Waals surface area contributed by atoms with Crippen LogP contribution in [0.1, 0.15) is 27.0 Å². The second kappa shape index (κ2) is 9.00. The van der Waals surface area contributed by atoms with Crippen molar-refractivity contribution in [1.29, 1.82) is 5.26 Å². The van der Waals surface area contributed by atoms with E-state index in [-0.39, 0.29) is 12.3 Å². The third-order valence-electron chi connectivity index (χ3n) is 6.60. The lowest BCUT2D eigenvalue weighted by atomic mass is 9.93. The first-order chi connectivity index (χ1) is 16.5. The van der Waals surface area contributed by atoms with Crippen molar-refractivity contribution < 1.29 is 13.8 Å². The monoisotopic (exact) mass is 471 g/mol. The van der Waals surface area contributed by atoms with Gasteiger partial charge in [0.2, 0.25) is 0 Å². The summed E-state index contributed by atoms with van der Waals surface area (Å²) in [6.07, 6.45) is 1.24. The third-order valence-corrected chi connectivity index (χ3v) is 9.66. The molecule has 0 saturated carbocycles. The minimum Gasteiger partial charge on any atom is -0.371 e. The van der Waals surface area contributed by atoms with Gasteiger partial charge >= 0.3 is 0 Å². The Kier molecular flexibility index (Phi) is 5.89. The van der Waals surface area contributed by atoms with Crippen molar-refractivity contribution >= 4 is 29.6 Å². The molecule has 2 heterocycles. The number of Topliss-reactive ketones (excluding diaryl/α,β-unsaturated/α-hetero) is 1. The van der Waals surface area contributed by atoms with Gasteiger partial charge in [-0.2, -0.15) is 5.26 Å². The van der Waals surface area contributed by atoms with Crippen LogP contribution in [0.3, 0.4) is 0 Å². The van der Waals surface area contributed by atoms with Gasteiger partial charge in [-0.05, 0) is 42.0 Å². The number of anilines is 1. The second-order valence-electron chi connectivity index (χ2n) is 8.68. The zero-order chi connectivity index (χ0) is 23.7. The van der Waals surface area contributed by atoms with Gasteiger partial charge in [0.05, 0.1) is 11.6 Å². The van der Waals surface area contributed by atoms with Gasteiger partial charge in [-0.25, -0.2) is 4.39 Å². The SMILES string of the molecule is N#Cc1ccc(N2CCP(=O)(c3cc(CC4=NCC(=O)c5ccccc54)ccc3F)CC2)cc1. The molecule has 170 valence electrons. The summed E-state index contributed by atoms with van der Waals surface area (Å²) in [5.74, 6) is -0.433. The largest absolute Gasteiger partial charge is 0.371 e. The molecule has 0 amide bonds. The van der Waals surface area contributed by atoms with Gasteiger partial charge in [-0.1, -0.05) is 30.3 Å².